The number of ether oxygens (including phenoxy) is 1. The highest BCUT2D eigenvalue weighted by molar-refractivity contribution is 5.83. The van der Waals surface area contributed by atoms with E-state index in [9.17, 15) is 4.79 Å². The van der Waals surface area contributed by atoms with Crippen molar-refractivity contribution < 1.29 is 13.9 Å². The number of nitrogens with one attached hydrogen (secondary N) is 1. The number of hydrogen-bond donors (Lipinski definition) is 1. The molecule has 3 rings (SSSR count). The van der Waals surface area contributed by atoms with Gasteiger partial charge in [-0.05, 0) is 62.4 Å². The molecule has 0 spiro atoms. The summed E-state index contributed by atoms with van der Waals surface area (Å²) >= 11 is 0. The van der Waals surface area contributed by atoms with Gasteiger partial charge in [0.2, 0.25) is 0 Å². The van der Waals surface area contributed by atoms with Gasteiger partial charge in [-0.15, -0.1) is 0 Å². The van der Waals surface area contributed by atoms with E-state index in [0.717, 1.165) is 16.9 Å². The highest BCUT2D eigenvalue weighted by Gasteiger charge is 2.36. The molecule has 1 fully saturated rings. The molecule has 1 saturated carbocycles. The first-order valence-corrected chi connectivity index (χ1v) is 8.61. The van der Waals surface area contributed by atoms with E-state index in [2.05, 4.69) is 17.5 Å². The Morgan fingerprint density at radius 2 is 2.12 bits per heavy atom. The number of aryl methyl sites for hydroxylation is 1. The molecule has 5 nitrogen and oxygen atoms in total. The fraction of sp³-hybridized carbons (Fsp3) is 0.400. The lowest BCUT2D eigenvalue weighted by atomic mass is 10.1. The van der Waals surface area contributed by atoms with Gasteiger partial charge in [-0.1, -0.05) is 19.1 Å². The van der Waals surface area contributed by atoms with Crippen LogP contribution in [-0.2, 0) is 4.79 Å². The fourth-order valence-electron chi connectivity index (χ4n) is 2.70. The molecule has 1 aromatic carbocycles. The van der Waals surface area contributed by atoms with Gasteiger partial charge in [0.1, 0.15) is 17.3 Å². The lowest BCUT2D eigenvalue weighted by molar-refractivity contribution is -0.127. The first kappa shape index (κ1) is 17.3. The van der Waals surface area contributed by atoms with Crippen LogP contribution >= 0.6 is 0 Å². The summed E-state index contributed by atoms with van der Waals surface area (Å²) in [6.07, 6.45) is 2.05. The van der Waals surface area contributed by atoms with Crippen molar-refractivity contribution in [3.05, 3.63) is 53.0 Å². The van der Waals surface area contributed by atoms with Crippen LogP contribution < -0.4 is 10.2 Å². The summed E-state index contributed by atoms with van der Waals surface area (Å²) in [5.41, 5.74) is 4.65. The minimum absolute atomic E-state index is 0.306. The number of rotatable bonds is 6. The summed E-state index contributed by atoms with van der Waals surface area (Å²) < 4.78 is 11.4. The van der Waals surface area contributed by atoms with Crippen LogP contribution in [0.25, 0.3) is 0 Å². The van der Waals surface area contributed by atoms with Crippen LogP contribution in [0.4, 0.5) is 0 Å². The molecule has 0 saturated heterocycles. The maximum Gasteiger partial charge on any atom is 0.280 e. The lowest BCUT2D eigenvalue weighted by Crippen LogP contribution is -2.33. The number of carbonyl (C=O) groups is 1. The zero-order valence-corrected chi connectivity index (χ0v) is 15.1. The fourth-order valence-corrected chi connectivity index (χ4v) is 2.70. The summed E-state index contributed by atoms with van der Waals surface area (Å²) in [6, 6.07) is 9.63. The van der Waals surface area contributed by atoms with Crippen LogP contribution in [0.2, 0.25) is 0 Å². The molecule has 0 unspecified atom stereocenters. The van der Waals surface area contributed by atoms with Crippen LogP contribution in [0.15, 0.2) is 39.9 Å². The zero-order chi connectivity index (χ0) is 18.0. The number of hydrogen-bond acceptors (Lipinski definition) is 4. The van der Waals surface area contributed by atoms with Crippen molar-refractivity contribution >= 4 is 12.1 Å². The highest BCUT2D eigenvalue weighted by Crippen LogP contribution is 2.47. The zero-order valence-electron chi connectivity index (χ0n) is 15.1. The minimum atomic E-state index is -0.642. The Kier molecular flexibility index (Phi) is 4.93. The Morgan fingerprint density at radius 3 is 2.84 bits per heavy atom. The molecule has 0 aliphatic heterocycles. The third kappa shape index (κ3) is 4.10. The van der Waals surface area contributed by atoms with Crippen molar-refractivity contribution in [3.63, 3.8) is 0 Å². The van der Waals surface area contributed by atoms with Crippen LogP contribution in [0.1, 0.15) is 48.8 Å². The number of furan rings is 1. The quantitative estimate of drug-likeness (QED) is 0.640. The largest absolute Gasteiger partial charge is 0.481 e. The standard InChI is InChI=1S/C20H24N2O3/c1-12-6-5-7-18(14(12)3)24-15(4)20(23)22-21-11-16-8-9-19(25-16)17-10-13(17)2/h5-9,11,13,15,17H,10H2,1-4H3,(H,22,23)/b21-11-/t13-,15+,17+/m0/s1. The van der Waals surface area contributed by atoms with Crippen molar-refractivity contribution in [1.82, 2.24) is 5.43 Å². The number of amides is 1. The van der Waals surface area contributed by atoms with Gasteiger partial charge in [-0.3, -0.25) is 4.79 Å². The molecule has 1 N–H and O–H groups in total. The Hall–Kier alpha value is -2.56. The molecule has 0 bridgehead atoms. The van der Waals surface area contributed by atoms with Crippen LogP contribution in [-0.4, -0.2) is 18.2 Å². The molecule has 3 atom stereocenters. The average molecular weight is 340 g/mol. The second-order valence-electron chi connectivity index (χ2n) is 6.75. The molecule has 1 aliphatic rings. The SMILES string of the molecule is Cc1cccc(O[C@H](C)C(=O)N/N=C\c2ccc([C@@H]3C[C@@H]3C)o2)c1C. The maximum atomic E-state index is 12.1. The summed E-state index contributed by atoms with van der Waals surface area (Å²) in [6.45, 7) is 7.89. The molecule has 1 amide bonds. The molecule has 5 heteroatoms. The predicted molar refractivity (Wildman–Crippen MR) is 97.0 cm³/mol. The summed E-state index contributed by atoms with van der Waals surface area (Å²) in [4.78, 5) is 12.1. The van der Waals surface area contributed by atoms with Crippen LogP contribution in [0.5, 0.6) is 5.75 Å². The van der Waals surface area contributed by atoms with Crippen molar-refractivity contribution in [2.45, 2.75) is 46.1 Å². The van der Waals surface area contributed by atoms with Gasteiger partial charge in [0.25, 0.3) is 5.91 Å². The van der Waals surface area contributed by atoms with E-state index < -0.39 is 6.10 Å². The average Bonchev–Trinajstić information content (AvgIpc) is 3.13. The van der Waals surface area contributed by atoms with Gasteiger partial charge in [0, 0.05) is 5.92 Å². The second kappa shape index (κ2) is 7.13. The van der Waals surface area contributed by atoms with Crippen LogP contribution in [0, 0.1) is 19.8 Å². The number of carbonyl (C=O) groups excluding carboxylic acids is 1. The molecule has 1 aromatic heterocycles. The molecular weight excluding hydrogens is 316 g/mol. The minimum Gasteiger partial charge on any atom is -0.481 e. The topological polar surface area (TPSA) is 63.8 Å². The molecule has 25 heavy (non-hydrogen) atoms. The summed E-state index contributed by atoms with van der Waals surface area (Å²) in [5, 5.41) is 3.96. The van der Waals surface area contributed by atoms with E-state index in [4.69, 9.17) is 9.15 Å². The van der Waals surface area contributed by atoms with Crippen LogP contribution in [0.3, 0.4) is 0 Å². The predicted octanol–water partition coefficient (Wildman–Crippen LogP) is 3.94. The van der Waals surface area contributed by atoms with E-state index in [1.807, 2.05) is 44.2 Å². The van der Waals surface area contributed by atoms with Gasteiger partial charge < -0.3 is 9.15 Å². The third-order valence-corrected chi connectivity index (χ3v) is 4.72. The van der Waals surface area contributed by atoms with Gasteiger partial charge in [0.05, 0.1) is 6.21 Å². The Balaban J connectivity index is 1.53. The first-order chi connectivity index (χ1) is 12.0. The normalized spacial score (nSPS) is 20.5. The van der Waals surface area contributed by atoms with Crippen molar-refractivity contribution in [2.24, 2.45) is 11.0 Å². The maximum absolute atomic E-state index is 12.1. The summed E-state index contributed by atoms with van der Waals surface area (Å²) in [7, 11) is 0. The Morgan fingerprint density at radius 1 is 1.36 bits per heavy atom. The monoisotopic (exact) mass is 340 g/mol. The van der Waals surface area contributed by atoms with Gasteiger partial charge >= 0.3 is 0 Å². The number of nitrogens with zero attached hydrogens (tertiary/aromatic N) is 1. The number of benzene rings is 1. The number of hydrazone groups is 1. The molecule has 2 aromatic rings. The van der Waals surface area contributed by atoms with Crippen molar-refractivity contribution in [2.75, 3.05) is 0 Å². The summed E-state index contributed by atoms with van der Waals surface area (Å²) in [5.74, 6) is 3.26. The van der Waals surface area contributed by atoms with E-state index in [0.29, 0.717) is 23.3 Å². The molecule has 0 radical (unpaired) electrons. The molecule has 1 aliphatic carbocycles. The highest BCUT2D eigenvalue weighted by atomic mass is 16.5. The van der Waals surface area contributed by atoms with Crippen molar-refractivity contribution in [3.8, 4) is 5.75 Å². The lowest BCUT2D eigenvalue weighted by Gasteiger charge is -2.15. The van der Waals surface area contributed by atoms with E-state index >= 15 is 0 Å². The molecule has 132 valence electrons. The Labute approximate surface area is 148 Å². The third-order valence-electron chi connectivity index (χ3n) is 4.72. The Bertz CT molecular complexity index is 794. The van der Waals surface area contributed by atoms with E-state index in [1.54, 1.807) is 6.92 Å². The van der Waals surface area contributed by atoms with E-state index in [1.165, 1.54) is 12.6 Å². The second-order valence-corrected chi connectivity index (χ2v) is 6.75. The van der Waals surface area contributed by atoms with Gasteiger partial charge in [0.15, 0.2) is 6.10 Å². The van der Waals surface area contributed by atoms with E-state index in [-0.39, 0.29) is 5.91 Å². The molecular formula is C20H24N2O3. The smallest absolute Gasteiger partial charge is 0.280 e. The molecule has 1 heterocycles. The van der Waals surface area contributed by atoms with Gasteiger partial charge in [-0.25, -0.2) is 5.43 Å². The first-order valence-electron chi connectivity index (χ1n) is 8.61. The van der Waals surface area contributed by atoms with Gasteiger partial charge in [-0.2, -0.15) is 5.10 Å². The van der Waals surface area contributed by atoms with Crippen molar-refractivity contribution in [1.29, 1.82) is 0 Å².